The number of hydrogen-bond acceptors (Lipinski definition) is 4. The molecule has 0 atom stereocenters. The Labute approximate surface area is 209 Å². The first kappa shape index (κ1) is 27.3. The lowest BCUT2D eigenvalue weighted by molar-refractivity contribution is -0.218. The second-order valence-corrected chi connectivity index (χ2v) is 10.6. The molecule has 0 aliphatic heterocycles. The topological polar surface area (TPSA) is 36.9 Å². The summed E-state index contributed by atoms with van der Waals surface area (Å²) in [5, 5.41) is 0. The van der Waals surface area contributed by atoms with E-state index in [2.05, 4.69) is 13.8 Å². The number of unbranched alkanes of at least 4 members (excludes halogenated alkanes) is 5. The highest BCUT2D eigenvalue weighted by atomic mass is 17.2. The van der Waals surface area contributed by atoms with Crippen LogP contribution >= 0.6 is 0 Å². The third kappa shape index (κ3) is 10.2. The van der Waals surface area contributed by atoms with Crippen LogP contribution in [-0.4, -0.2) is 25.9 Å². The molecule has 2 aliphatic rings. The zero-order valence-electron chi connectivity index (χ0n) is 22.0. The smallest absolute Gasteiger partial charge is 0.165 e. The summed E-state index contributed by atoms with van der Waals surface area (Å²) in [6.45, 7) is 6.92. The van der Waals surface area contributed by atoms with E-state index in [0.29, 0.717) is 18.6 Å². The highest BCUT2D eigenvalue weighted by molar-refractivity contribution is 5.30. The quantitative estimate of drug-likeness (QED) is 0.137. The van der Waals surface area contributed by atoms with Crippen LogP contribution in [0.1, 0.15) is 110 Å². The predicted molar refractivity (Wildman–Crippen MR) is 139 cm³/mol. The van der Waals surface area contributed by atoms with Crippen molar-refractivity contribution in [3.8, 4) is 11.5 Å². The van der Waals surface area contributed by atoms with Crippen LogP contribution < -0.4 is 9.62 Å². The molecule has 2 aliphatic carbocycles. The van der Waals surface area contributed by atoms with Crippen molar-refractivity contribution in [1.82, 2.24) is 0 Å². The average Bonchev–Trinajstić information content (AvgIpc) is 2.88. The van der Waals surface area contributed by atoms with E-state index >= 15 is 0 Å². The first-order valence-corrected chi connectivity index (χ1v) is 14.4. The van der Waals surface area contributed by atoms with E-state index < -0.39 is 0 Å². The van der Waals surface area contributed by atoms with Gasteiger partial charge in [-0.15, -0.1) is 0 Å². The summed E-state index contributed by atoms with van der Waals surface area (Å²) < 4.78 is 11.9. The number of ether oxygens (including phenoxy) is 2. The Hall–Kier alpha value is -1.26. The van der Waals surface area contributed by atoms with Gasteiger partial charge in [-0.05, 0) is 106 Å². The lowest BCUT2D eigenvalue weighted by atomic mass is 9.71. The van der Waals surface area contributed by atoms with Gasteiger partial charge in [-0.3, -0.25) is 0 Å². The summed E-state index contributed by atoms with van der Waals surface area (Å²) in [5.41, 5.74) is 0. The normalized spacial score (nSPS) is 25.2. The minimum atomic E-state index is 0.529. The third-order valence-corrected chi connectivity index (χ3v) is 7.93. The Morgan fingerprint density at radius 1 is 0.647 bits per heavy atom. The molecule has 4 heteroatoms. The molecule has 0 aromatic heterocycles. The van der Waals surface area contributed by atoms with E-state index in [1.807, 2.05) is 24.3 Å². The standard InChI is InChI=1S/C30H50O4/c1-3-5-7-8-9-23-32-29-18-20-30(21-19-29)34-33-24-25-10-12-26(13-11-25)27-14-16-28(17-15-27)31-22-6-4-2/h18-21,25-28H,3-17,22-24H2,1-2H3. The molecule has 1 aromatic rings. The molecule has 34 heavy (non-hydrogen) atoms. The Bertz CT molecular complexity index is 615. The van der Waals surface area contributed by atoms with Gasteiger partial charge < -0.3 is 14.4 Å². The Balaban J connectivity index is 1.23. The van der Waals surface area contributed by atoms with Crippen molar-refractivity contribution in [3.05, 3.63) is 24.3 Å². The molecule has 0 heterocycles. The highest BCUT2D eigenvalue weighted by Gasteiger charge is 2.31. The summed E-state index contributed by atoms with van der Waals surface area (Å²) >= 11 is 0. The van der Waals surface area contributed by atoms with Crippen LogP contribution in [-0.2, 0) is 9.62 Å². The lowest BCUT2D eigenvalue weighted by Crippen LogP contribution is -2.29. The largest absolute Gasteiger partial charge is 0.494 e. The summed E-state index contributed by atoms with van der Waals surface area (Å²) in [6, 6.07) is 7.82. The van der Waals surface area contributed by atoms with E-state index in [-0.39, 0.29) is 0 Å². The van der Waals surface area contributed by atoms with Crippen LogP contribution in [0.2, 0.25) is 0 Å². The van der Waals surface area contributed by atoms with Crippen LogP contribution in [0.4, 0.5) is 0 Å². The van der Waals surface area contributed by atoms with Gasteiger partial charge in [0, 0.05) is 6.61 Å². The van der Waals surface area contributed by atoms with Gasteiger partial charge in [0.25, 0.3) is 0 Å². The molecule has 0 spiro atoms. The first-order valence-electron chi connectivity index (χ1n) is 14.4. The molecule has 4 nitrogen and oxygen atoms in total. The molecular weight excluding hydrogens is 424 g/mol. The van der Waals surface area contributed by atoms with Crippen molar-refractivity contribution < 1.29 is 19.2 Å². The summed E-state index contributed by atoms with van der Waals surface area (Å²) in [7, 11) is 0. The van der Waals surface area contributed by atoms with Crippen molar-refractivity contribution in [2.45, 2.75) is 116 Å². The number of rotatable bonds is 16. The maximum absolute atomic E-state index is 6.06. The minimum Gasteiger partial charge on any atom is -0.494 e. The maximum atomic E-state index is 6.06. The fraction of sp³-hybridized carbons (Fsp3) is 0.800. The van der Waals surface area contributed by atoms with E-state index in [1.54, 1.807) is 0 Å². The lowest BCUT2D eigenvalue weighted by Gasteiger charge is -2.37. The minimum absolute atomic E-state index is 0.529. The zero-order chi connectivity index (χ0) is 23.8. The SMILES string of the molecule is CCCCCCCOc1ccc(OOCC2CCC(C3CCC(OCCCC)CC3)CC2)cc1. The van der Waals surface area contributed by atoms with E-state index in [9.17, 15) is 0 Å². The molecule has 0 saturated heterocycles. The third-order valence-electron chi connectivity index (χ3n) is 7.93. The molecule has 0 radical (unpaired) electrons. The molecule has 3 rings (SSSR count). The molecular formula is C30H50O4. The van der Waals surface area contributed by atoms with Gasteiger partial charge in [0.05, 0.1) is 19.3 Å². The first-order chi connectivity index (χ1) is 16.8. The zero-order valence-corrected chi connectivity index (χ0v) is 22.0. The van der Waals surface area contributed by atoms with Crippen molar-refractivity contribution in [2.24, 2.45) is 17.8 Å². The summed E-state index contributed by atoms with van der Waals surface area (Å²) in [6.07, 6.45) is 19.8. The Kier molecular flexibility index (Phi) is 13.2. The highest BCUT2D eigenvalue weighted by Crippen LogP contribution is 2.40. The number of hydrogen-bond donors (Lipinski definition) is 0. The second-order valence-electron chi connectivity index (χ2n) is 10.6. The van der Waals surface area contributed by atoms with E-state index in [1.165, 1.54) is 89.9 Å². The molecule has 0 bridgehead atoms. The van der Waals surface area contributed by atoms with Crippen LogP contribution in [0.3, 0.4) is 0 Å². The fourth-order valence-electron chi connectivity index (χ4n) is 5.63. The Morgan fingerprint density at radius 3 is 1.94 bits per heavy atom. The van der Waals surface area contributed by atoms with Gasteiger partial charge in [0.15, 0.2) is 5.75 Å². The average molecular weight is 475 g/mol. The number of benzene rings is 1. The summed E-state index contributed by atoms with van der Waals surface area (Å²) in [5.74, 6) is 4.11. The molecule has 2 saturated carbocycles. The van der Waals surface area contributed by atoms with Crippen molar-refractivity contribution in [1.29, 1.82) is 0 Å². The molecule has 1 aromatic carbocycles. The van der Waals surface area contributed by atoms with Gasteiger partial charge in [-0.25, -0.2) is 0 Å². The Morgan fingerprint density at radius 2 is 1.26 bits per heavy atom. The van der Waals surface area contributed by atoms with Crippen LogP contribution in [0, 0.1) is 17.8 Å². The van der Waals surface area contributed by atoms with Gasteiger partial charge in [0.2, 0.25) is 0 Å². The van der Waals surface area contributed by atoms with Gasteiger partial charge in [-0.2, -0.15) is 4.89 Å². The molecule has 0 unspecified atom stereocenters. The van der Waals surface area contributed by atoms with E-state index in [0.717, 1.165) is 43.0 Å². The van der Waals surface area contributed by atoms with Crippen molar-refractivity contribution in [3.63, 3.8) is 0 Å². The summed E-state index contributed by atoms with van der Waals surface area (Å²) in [4.78, 5) is 11.2. The van der Waals surface area contributed by atoms with E-state index in [4.69, 9.17) is 19.2 Å². The fourth-order valence-corrected chi connectivity index (χ4v) is 5.63. The monoisotopic (exact) mass is 474 g/mol. The molecule has 0 amide bonds. The maximum Gasteiger partial charge on any atom is 0.165 e. The van der Waals surface area contributed by atoms with Crippen molar-refractivity contribution in [2.75, 3.05) is 19.8 Å². The second kappa shape index (κ2) is 16.4. The van der Waals surface area contributed by atoms with Crippen LogP contribution in [0.5, 0.6) is 11.5 Å². The van der Waals surface area contributed by atoms with Crippen molar-refractivity contribution >= 4 is 0 Å². The predicted octanol–water partition coefficient (Wildman–Crippen LogP) is 8.53. The molecule has 2 fully saturated rings. The van der Waals surface area contributed by atoms with Gasteiger partial charge in [-0.1, -0.05) is 46.0 Å². The molecule has 194 valence electrons. The van der Waals surface area contributed by atoms with Crippen LogP contribution in [0.15, 0.2) is 24.3 Å². The van der Waals surface area contributed by atoms with Gasteiger partial charge in [0.1, 0.15) is 5.75 Å². The van der Waals surface area contributed by atoms with Crippen LogP contribution in [0.25, 0.3) is 0 Å². The van der Waals surface area contributed by atoms with Gasteiger partial charge >= 0.3 is 0 Å². The molecule has 0 N–H and O–H groups in total.